The van der Waals surface area contributed by atoms with Crippen LogP contribution in [0.5, 0.6) is 0 Å². The number of amides is 2. The molecular weight excluding hydrogens is 381 g/mol. The van der Waals surface area contributed by atoms with Crippen molar-refractivity contribution in [2.45, 2.75) is 17.6 Å². The van der Waals surface area contributed by atoms with E-state index in [9.17, 15) is 26.4 Å². The van der Waals surface area contributed by atoms with Gasteiger partial charge in [0.1, 0.15) is 0 Å². The summed E-state index contributed by atoms with van der Waals surface area (Å²) >= 11 is 5.65. The summed E-state index contributed by atoms with van der Waals surface area (Å²) in [7, 11) is -4.16. The topological polar surface area (TPSA) is 75.3 Å². The van der Waals surface area contributed by atoms with E-state index in [-0.39, 0.29) is 10.5 Å². The zero-order valence-electron chi connectivity index (χ0n) is 12.5. The SMILES string of the molecule is O=C(NCc1ccccc1C(F)(F)F)NS(=O)(=O)c1ccc(Cl)cc1. The van der Waals surface area contributed by atoms with Crippen LogP contribution < -0.4 is 10.0 Å². The number of carbonyl (C=O) groups excluding carboxylic acids is 1. The molecule has 2 amide bonds. The zero-order chi connectivity index (χ0) is 18.7. The van der Waals surface area contributed by atoms with E-state index in [0.29, 0.717) is 5.02 Å². The molecular formula is C15H12ClF3N2O3S. The van der Waals surface area contributed by atoms with Crippen LogP contribution in [0.25, 0.3) is 0 Å². The van der Waals surface area contributed by atoms with Gasteiger partial charge in [-0.25, -0.2) is 17.9 Å². The first-order valence-corrected chi connectivity index (χ1v) is 8.67. The number of carbonyl (C=O) groups is 1. The Morgan fingerprint density at radius 3 is 2.24 bits per heavy atom. The number of hydrogen-bond acceptors (Lipinski definition) is 3. The normalized spacial score (nSPS) is 11.8. The maximum atomic E-state index is 12.9. The zero-order valence-corrected chi connectivity index (χ0v) is 14.0. The number of sulfonamides is 1. The van der Waals surface area contributed by atoms with Crippen LogP contribution in [0.2, 0.25) is 5.02 Å². The molecule has 2 aromatic carbocycles. The number of urea groups is 1. The Bertz CT molecular complexity index is 868. The summed E-state index contributed by atoms with van der Waals surface area (Å²) in [5.41, 5.74) is -1.09. The molecule has 2 rings (SSSR count). The molecule has 0 aliphatic rings. The average Bonchev–Trinajstić information content (AvgIpc) is 2.52. The van der Waals surface area contributed by atoms with Gasteiger partial charge >= 0.3 is 12.2 Å². The Hall–Kier alpha value is -2.26. The van der Waals surface area contributed by atoms with E-state index in [0.717, 1.165) is 6.07 Å². The molecule has 5 nitrogen and oxygen atoms in total. The molecule has 0 aliphatic carbocycles. The number of benzene rings is 2. The van der Waals surface area contributed by atoms with Crippen molar-refractivity contribution in [2.75, 3.05) is 0 Å². The third-order valence-corrected chi connectivity index (χ3v) is 4.71. The summed E-state index contributed by atoms with van der Waals surface area (Å²) < 4.78 is 64.3. The van der Waals surface area contributed by atoms with Gasteiger partial charge in [0, 0.05) is 11.6 Å². The van der Waals surface area contributed by atoms with Gasteiger partial charge in [0.25, 0.3) is 10.0 Å². The van der Waals surface area contributed by atoms with Gasteiger partial charge in [0.15, 0.2) is 0 Å². The number of rotatable bonds is 4. The van der Waals surface area contributed by atoms with Gasteiger partial charge < -0.3 is 5.32 Å². The van der Waals surface area contributed by atoms with Gasteiger partial charge in [-0.3, -0.25) is 0 Å². The van der Waals surface area contributed by atoms with E-state index in [1.165, 1.54) is 42.5 Å². The van der Waals surface area contributed by atoms with Crippen molar-refractivity contribution in [1.29, 1.82) is 0 Å². The molecule has 0 fully saturated rings. The average molecular weight is 393 g/mol. The maximum absolute atomic E-state index is 12.9. The quantitative estimate of drug-likeness (QED) is 0.835. The molecule has 25 heavy (non-hydrogen) atoms. The van der Waals surface area contributed by atoms with Crippen LogP contribution in [-0.2, 0) is 22.7 Å². The molecule has 0 radical (unpaired) electrons. The van der Waals surface area contributed by atoms with Crippen LogP contribution in [0.4, 0.5) is 18.0 Å². The minimum absolute atomic E-state index is 0.186. The summed E-state index contributed by atoms with van der Waals surface area (Å²) in [5.74, 6) is 0. The molecule has 0 aliphatic heterocycles. The predicted molar refractivity (Wildman–Crippen MR) is 85.5 cm³/mol. The lowest BCUT2D eigenvalue weighted by Gasteiger charge is -2.13. The van der Waals surface area contributed by atoms with Crippen molar-refractivity contribution in [1.82, 2.24) is 10.0 Å². The van der Waals surface area contributed by atoms with E-state index in [1.807, 2.05) is 0 Å². The summed E-state index contributed by atoms with van der Waals surface area (Å²) in [6.07, 6.45) is -4.58. The second-order valence-corrected chi connectivity index (χ2v) is 7.02. The number of alkyl halides is 3. The molecule has 134 valence electrons. The minimum atomic E-state index is -4.58. The lowest BCUT2D eigenvalue weighted by molar-refractivity contribution is -0.138. The van der Waals surface area contributed by atoms with Crippen LogP contribution in [0.1, 0.15) is 11.1 Å². The van der Waals surface area contributed by atoms with E-state index in [4.69, 9.17) is 11.6 Å². The molecule has 10 heteroatoms. The maximum Gasteiger partial charge on any atom is 0.416 e. The Labute approximate surface area is 146 Å². The first kappa shape index (κ1) is 19.1. The second-order valence-electron chi connectivity index (χ2n) is 4.90. The first-order chi connectivity index (χ1) is 11.6. The van der Waals surface area contributed by atoms with Gasteiger partial charge in [-0.2, -0.15) is 13.2 Å². The van der Waals surface area contributed by atoms with Crippen molar-refractivity contribution in [3.63, 3.8) is 0 Å². The fourth-order valence-corrected chi connectivity index (χ4v) is 3.01. The summed E-state index contributed by atoms with van der Waals surface area (Å²) in [6.45, 7) is -0.488. The lowest BCUT2D eigenvalue weighted by atomic mass is 10.1. The third-order valence-electron chi connectivity index (χ3n) is 3.11. The summed E-state index contributed by atoms with van der Waals surface area (Å²) in [5, 5.41) is 2.41. The highest BCUT2D eigenvalue weighted by Gasteiger charge is 2.32. The molecule has 0 unspecified atom stereocenters. The van der Waals surface area contributed by atoms with Gasteiger partial charge in [-0.15, -0.1) is 0 Å². The van der Waals surface area contributed by atoms with Crippen molar-refractivity contribution in [3.8, 4) is 0 Å². The lowest BCUT2D eigenvalue weighted by Crippen LogP contribution is -2.39. The highest BCUT2D eigenvalue weighted by molar-refractivity contribution is 7.90. The second kappa shape index (κ2) is 7.32. The van der Waals surface area contributed by atoms with Gasteiger partial charge in [-0.05, 0) is 35.9 Å². The summed E-state index contributed by atoms with van der Waals surface area (Å²) in [6, 6.07) is 8.56. The van der Waals surface area contributed by atoms with Gasteiger partial charge in [0.05, 0.1) is 10.5 Å². The standard InChI is InChI=1S/C15H12ClF3N2O3S/c16-11-5-7-12(8-6-11)25(23,24)21-14(22)20-9-10-3-1-2-4-13(10)15(17,18)19/h1-8H,9H2,(H2,20,21,22). The third kappa shape index (κ3) is 5.10. The van der Waals surface area contributed by atoms with E-state index in [2.05, 4.69) is 5.32 Å². The highest BCUT2D eigenvalue weighted by Crippen LogP contribution is 2.31. The predicted octanol–water partition coefficient (Wildman–Crippen LogP) is 3.55. The van der Waals surface area contributed by atoms with Crippen LogP contribution >= 0.6 is 11.6 Å². The van der Waals surface area contributed by atoms with Crippen molar-refractivity contribution < 1.29 is 26.4 Å². The molecule has 0 saturated carbocycles. The van der Waals surface area contributed by atoms with E-state index >= 15 is 0 Å². The van der Waals surface area contributed by atoms with E-state index in [1.54, 1.807) is 4.72 Å². The largest absolute Gasteiger partial charge is 0.416 e. The number of nitrogens with one attached hydrogen (secondary N) is 2. The molecule has 2 N–H and O–H groups in total. The molecule has 0 atom stereocenters. The van der Waals surface area contributed by atoms with Crippen molar-refractivity contribution in [3.05, 3.63) is 64.7 Å². The van der Waals surface area contributed by atoms with Crippen molar-refractivity contribution in [2.24, 2.45) is 0 Å². The molecule has 2 aromatic rings. The van der Waals surface area contributed by atoms with Crippen molar-refractivity contribution >= 4 is 27.7 Å². The molecule has 0 saturated heterocycles. The van der Waals surface area contributed by atoms with E-state index < -0.39 is 34.3 Å². The Kier molecular flexibility index (Phi) is 5.58. The molecule has 0 aromatic heterocycles. The van der Waals surface area contributed by atoms with Gasteiger partial charge in [0.2, 0.25) is 0 Å². The Balaban J connectivity index is 2.05. The fourth-order valence-electron chi connectivity index (χ4n) is 1.96. The first-order valence-electron chi connectivity index (χ1n) is 6.81. The Morgan fingerprint density at radius 1 is 1.04 bits per heavy atom. The fraction of sp³-hybridized carbons (Fsp3) is 0.133. The van der Waals surface area contributed by atoms with Crippen LogP contribution in [0.3, 0.4) is 0 Å². The van der Waals surface area contributed by atoms with Crippen LogP contribution in [0, 0.1) is 0 Å². The van der Waals surface area contributed by atoms with Crippen LogP contribution in [0.15, 0.2) is 53.4 Å². The molecule has 0 bridgehead atoms. The summed E-state index contributed by atoms with van der Waals surface area (Å²) in [4.78, 5) is 11.5. The van der Waals surface area contributed by atoms with Gasteiger partial charge in [-0.1, -0.05) is 29.8 Å². The number of hydrogen-bond donors (Lipinski definition) is 2. The van der Waals surface area contributed by atoms with Crippen LogP contribution in [-0.4, -0.2) is 14.4 Å². The highest BCUT2D eigenvalue weighted by atomic mass is 35.5. The molecule has 0 spiro atoms. The number of halogens is 4. The minimum Gasteiger partial charge on any atom is -0.333 e. The monoisotopic (exact) mass is 392 g/mol. The smallest absolute Gasteiger partial charge is 0.333 e. The molecule has 0 heterocycles. The Morgan fingerprint density at radius 2 is 1.64 bits per heavy atom.